The number of hydrogen-bond acceptors (Lipinski definition) is 4. The minimum Gasteiger partial charge on any atom is -0.244 e. The zero-order valence-electron chi connectivity index (χ0n) is 12.6. The number of nitrogens with zero attached hydrogens (tertiary/aromatic N) is 3. The predicted octanol–water partition coefficient (Wildman–Crippen LogP) is 3.39. The average Bonchev–Trinajstić information content (AvgIpc) is 2.38. The van der Waals surface area contributed by atoms with Crippen LogP contribution in [0.4, 0.5) is 11.6 Å². The zero-order valence-corrected chi connectivity index (χ0v) is 12.6. The van der Waals surface area contributed by atoms with Crippen LogP contribution in [-0.4, -0.2) is 16.5 Å². The lowest BCUT2D eigenvalue weighted by atomic mass is 10.2. The largest absolute Gasteiger partial charge is 0.245 e. The summed E-state index contributed by atoms with van der Waals surface area (Å²) in [5.74, 6) is 1.24. The van der Waals surface area contributed by atoms with E-state index in [-0.39, 0.29) is 0 Å². The lowest BCUT2D eigenvalue weighted by molar-refractivity contribution is 0.553. The minimum absolute atomic E-state index is 0.548. The Labute approximate surface area is 120 Å². The summed E-state index contributed by atoms with van der Waals surface area (Å²) in [6, 6.07) is 12.1. The van der Waals surface area contributed by atoms with Crippen LogP contribution in [0.15, 0.2) is 36.4 Å². The van der Waals surface area contributed by atoms with Crippen LogP contribution in [0.3, 0.4) is 0 Å². The first kappa shape index (κ1) is 14.5. The van der Waals surface area contributed by atoms with Crippen LogP contribution in [0, 0.1) is 19.8 Å². The predicted molar refractivity (Wildman–Crippen MR) is 82.9 cm³/mol. The molecule has 0 aliphatic heterocycles. The van der Waals surface area contributed by atoms with Gasteiger partial charge in [0.25, 0.3) is 0 Å². The van der Waals surface area contributed by atoms with Crippen LogP contribution in [0.1, 0.15) is 25.2 Å². The highest BCUT2D eigenvalue weighted by Crippen LogP contribution is 2.20. The molecule has 0 unspecified atom stereocenters. The van der Waals surface area contributed by atoms with Gasteiger partial charge in [0, 0.05) is 17.9 Å². The van der Waals surface area contributed by atoms with E-state index >= 15 is 0 Å². The number of benzene rings is 1. The highest BCUT2D eigenvalue weighted by atomic mass is 15.5. The topological polar surface area (TPSA) is 41.1 Å². The Hall–Kier alpha value is -1.94. The van der Waals surface area contributed by atoms with Gasteiger partial charge in [0.1, 0.15) is 0 Å². The first-order valence-corrected chi connectivity index (χ1v) is 6.97. The summed E-state index contributed by atoms with van der Waals surface area (Å²) in [6.45, 7) is 9.20. The third kappa shape index (κ3) is 3.78. The van der Waals surface area contributed by atoms with Crippen molar-refractivity contribution >= 4 is 11.6 Å². The maximum absolute atomic E-state index is 4.54. The van der Waals surface area contributed by atoms with Gasteiger partial charge in [-0.25, -0.2) is 20.4 Å². The minimum atomic E-state index is 0.548. The van der Waals surface area contributed by atoms with Gasteiger partial charge in [0.2, 0.25) is 5.95 Å². The summed E-state index contributed by atoms with van der Waals surface area (Å²) < 4.78 is 0. The fourth-order valence-corrected chi connectivity index (χ4v) is 1.94. The number of hydrazine groups is 1. The molecule has 1 heterocycles. The van der Waals surface area contributed by atoms with E-state index in [1.54, 1.807) is 0 Å². The number of aromatic nitrogens is 2. The van der Waals surface area contributed by atoms with Gasteiger partial charge in [0.05, 0.1) is 5.69 Å². The first-order valence-electron chi connectivity index (χ1n) is 6.97. The molecule has 2 aromatic rings. The Balaban J connectivity index is 2.35. The molecule has 0 spiro atoms. The van der Waals surface area contributed by atoms with Crippen molar-refractivity contribution in [2.75, 3.05) is 11.6 Å². The van der Waals surface area contributed by atoms with E-state index < -0.39 is 0 Å². The number of hydrogen-bond donors (Lipinski definition) is 1. The SMILES string of the molecule is Cc1cc(C)nc(N(NCC(C)C)c2ccccc2)n1. The molecule has 0 aliphatic rings. The summed E-state index contributed by atoms with van der Waals surface area (Å²) in [7, 11) is 0. The second-order valence-electron chi connectivity index (χ2n) is 5.38. The normalized spacial score (nSPS) is 10.8. The molecule has 0 fully saturated rings. The van der Waals surface area contributed by atoms with E-state index in [2.05, 4.69) is 29.2 Å². The Kier molecular flexibility index (Phi) is 4.69. The quantitative estimate of drug-likeness (QED) is 0.846. The van der Waals surface area contributed by atoms with E-state index in [0.717, 1.165) is 23.6 Å². The molecular weight excluding hydrogens is 248 g/mol. The number of para-hydroxylation sites is 1. The van der Waals surface area contributed by atoms with Crippen LogP contribution in [0.2, 0.25) is 0 Å². The van der Waals surface area contributed by atoms with E-state index in [1.165, 1.54) is 0 Å². The van der Waals surface area contributed by atoms with Gasteiger partial charge in [-0.3, -0.25) is 0 Å². The van der Waals surface area contributed by atoms with Crippen molar-refractivity contribution in [2.24, 2.45) is 5.92 Å². The number of rotatable bonds is 5. The second-order valence-corrected chi connectivity index (χ2v) is 5.38. The van der Waals surface area contributed by atoms with E-state index in [1.807, 2.05) is 55.3 Å². The zero-order chi connectivity index (χ0) is 14.5. The van der Waals surface area contributed by atoms with Crippen molar-refractivity contribution in [3.8, 4) is 0 Å². The van der Waals surface area contributed by atoms with Crippen molar-refractivity contribution in [1.82, 2.24) is 15.4 Å². The molecule has 0 atom stereocenters. The average molecular weight is 270 g/mol. The highest BCUT2D eigenvalue weighted by molar-refractivity contribution is 5.55. The molecule has 2 rings (SSSR count). The Morgan fingerprint density at radius 1 is 1.05 bits per heavy atom. The molecule has 0 bridgehead atoms. The van der Waals surface area contributed by atoms with E-state index in [9.17, 15) is 0 Å². The molecule has 106 valence electrons. The van der Waals surface area contributed by atoms with Crippen molar-refractivity contribution in [3.05, 3.63) is 47.8 Å². The van der Waals surface area contributed by atoms with Crippen LogP contribution in [0.25, 0.3) is 0 Å². The summed E-state index contributed by atoms with van der Waals surface area (Å²) in [6.07, 6.45) is 0. The van der Waals surface area contributed by atoms with Crippen LogP contribution in [-0.2, 0) is 0 Å². The summed E-state index contributed by atoms with van der Waals surface area (Å²) >= 11 is 0. The molecular formula is C16H22N4. The maximum atomic E-state index is 4.54. The maximum Gasteiger partial charge on any atom is 0.245 e. The van der Waals surface area contributed by atoms with Gasteiger partial charge in [-0.1, -0.05) is 32.0 Å². The molecule has 1 aromatic heterocycles. The standard InChI is InChI=1S/C16H22N4/c1-12(2)11-17-20(15-8-6-5-7-9-15)16-18-13(3)10-14(4)19-16/h5-10,12,17H,11H2,1-4H3. The summed E-state index contributed by atoms with van der Waals surface area (Å²) in [5.41, 5.74) is 6.40. The van der Waals surface area contributed by atoms with Crippen molar-refractivity contribution in [2.45, 2.75) is 27.7 Å². The fraction of sp³-hybridized carbons (Fsp3) is 0.375. The molecule has 4 nitrogen and oxygen atoms in total. The summed E-state index contributed by atoms with van der Waals surface area (Å²) in [5, 5.41) is 1.96. The van der Waals surface area contributed by atoms with Crippen LogP contribution in [0.5, 0.6) is 0 Å². The fourth-order valence-electron chi connectivity index (χ4n) is 1.94. The Morgan fingerprint density at radius 3 is 2.20 bits per heavy atom. The van der Waals surface area contributed by atoms with Gasteiger partial charge in [-0.2, -0.15) is 0 Å². The van der Waals surface area contributed by atoms with E-state index in [4.69, 9.17) is 0 Å². The molecule has 0 amide bonds. The lowest BCUT2D eigenvalue weighted by Gasteiger charge is -2.25. The molecule has 0 aliphatic carbocycles. The van der Waals surface area contributed by atoms with Gasteiger partial charge in [-0.15, -0.1) is 0 Å². The van der Waals surface area contributed by atoms with Crippen LogP contribution < -0.4 is 10.4 Å². The monoisotopic (exact) mass is 270 g/mol. The van der Waals surface area contributed by atoms with Gasteiger partial charge in [-0.05, 0) is 38.0 Å². The lowest BCUT2D eigenvalue weighted by Crippen LogP contribution is -2.37. The second kappa shape index (κ2) is 6.48. The smallest absolute Gasteiger partial charge is 0.244 e. The Bertz CT molecular complexity index is 531. The van der Waals surface area contributed by atoms with Crippen molar-refractivity contribution in [3.63, 3.8) is 0 Å². The Morgan fingerprint density at radius 2 is 1.65 bits per heavy atom. The molecule has 0 radical (unpaired) electrons. The van der Waals surface area contributed by atoms with Gasteiger partial charge >= 0.3 is 0 Å². The summed E-state index contributed by atoms with van der Waals surface area (Å²) in [4.78, 5) is 9.08. The third-order valence-corrected chi connectivity index (χ3v) is 2.84. The first-order chi connectivity index (χ1) is 9.56. The molecule has 20 heavy (non-hydrogen) atoms. The van der Waals surface area contributed by atoms with Crippen molar-refractivity contribution < 1.29 is 0 Å². The number of aryl methyl sites for hydroxylation is 2. The van der Waals surface area contributed by atoms with Crippen molar-refractivity contribution in [1.29, 1.82) is 0 Å². The number of anilines is 2. The van der Waals surface area contributed by atoms with E-state index in [0.29, 0.717) is 11.9 Å². The molecule has 0 saturated heterocycles. The molecule has 4 heteroatoms. The third-order valence-electron chi connectivity index (χ3n) is 2.84. The number of nitrogens with one attached hydrogen (secondary N) is 1. The highest BCUT2D eigenvalue weighted by Gasteiger charge is 2.13. The molecule has 1 N–H and O–H groups in total. The van der Waals surface area contributed by atoms with Crippen LogP contribution >= 0.6 is 0 Å². The molecule has 1 aromatic carbocycles. The van der Waals surface area contributed by atoms with Gasteiger partial charge < -0.3 is 0 Å². The molecule has 0 saturated carbocycles. The van der Waals surface area contributed by atoms with Gasteiger partial charge in [0.15, 0.2) is 0 Å².